The number of phenolic OH excluding ortho intramolecular Hbond substituents is 2. The van der Waals surface area contributed by atoms with Gasteiger partial charge < -0.3 is 15.3 Å². The second-order valence-electron chi connectivity index (χ2n) is 3.74. The standard InChI is InChI=1S/C13H9FO4/c14-9-3-8(4-10(15)6-9)11-2-1-7(13(17)18)5-12(11)16/h1-6,15-16H,(H,17,18). The molecule has 2 aromatic carbocycles. The van der Waals surface area contributed by atoms with Crippen LogP contribution in [0.2, 0.25) is 0 Å². The maximum absolute atomic E-state index is 13.1. The number of carboxylic acid groups (broad SMARTS) is 1. The van der Waals surface area contributed by atoms with Gasteiger partial charge in [-0.1, -0.05) is 0 Å². The van der Waals surface area contributed by atoms with Crippen molar-refractivity contribution in [1.82, 2.24) is 0 Å². The molecule has 0 aromatic heterocycles. The molecule has 2 aromatic rings. The van der Waals surface area contributed by atoms with Crippen LogP contribution in [0.4, 0.5) is 4.39 Å². The highest BCUT2D eigenvalue weighted by Crippen LogP contribution is 2.32. The molecular weight excluding hydrogens is 239 g/mol. The van der Waals surface area contributed by atoms with Crippen molar-refractivity contribution in [3.05, 3.63) is 47.8 Å². The van der Waals surface area contributed by atoms with Gasteiger partial charge in [0, 0.05) is 11.6 Å². The zero-order valence-corrected chi connectivity index (χ0v) is 9.09. The average Bonchev–Trinajstić information content (AvgIpc) is 2.27. The number of carbonyl (C=O) groups is 1. The summed E-state index contributed by atoms with van der Waals surface area (Å²) in [6, 6.07) is 7.06. The van der Waals surface area contributed by atoms with E-state index in [1.165, 1.54) is 18.2 Å². The maximum atomic E-state index is 13.1. The fourth-order valence-corrected chi connectivity index (χ4v) is 1.64. The minimum absolute atomic E-state index is 0.0723. The van der Waals surface area contributed by atoms with Gasteiger partial charge >= 0.3 is 5.97 Å². The summed E-state index contributed by atoms with van der Waals surface area (Å²) in [5.74, 6) is -2.38. The van der Waals surface area contributed by atoms with Crippen molar-refractivity contribution in [3.8, 4) is 22.6 Å². The molecule has 18 heavy (non-hydrogen) atoms. The number of hydrogen-bond acceptors (Lipinski definition) is 3. The fraction of sp³-hybridized carbons (Fsp3) is 0. The van der Waals surface area contributed by atoms with Crippen LogP contribution in [-0.2, 0) is 0 Å². The number of halogens is 1. The maximum Gasteiger partial charge on any atom is 0.335 e. The molecule has 92 valence electrons. The Kier molecular flexibility index (Phi) is 2.89. The molecule has 0 amide bonds. The predicted octanol–water partition coefficient (Wildman–Crippen LogP) is 2.60. The highest BCUT2D eigenvalue weighted by Gasteiger charge is 2.10. The first-order valence-corrected chi connectivity index (χ1v) is 5.03. The molecule has 0 aliphatic rings. The van der Waals surface area contributed by atoms with E-state index >= 15 is 0 Å². The quantitative estimate of drug-likeness (QED) is 0.763. The Morgan fingerprint density at radius 1 is 1.06 bits per heavy atom. The molecule has 0 atom stereocenters. The van der Waals surface area contributed by atoms with Crippen molar-refractivity contribution in [1.29, 1.82) is 0 Å². The third kappa shape index (κ3) is 2.24. The van der Waals surface area contributed by atoms with Gasteiger partial charge in [-0.25, -0.2) is 9.18 Å². The Morgan fingerprint density at radius 2 is 1.78 bits per heavy atom. The van der Waals surface area contributed by atoms with Gasteiger partial charge in [-0.3, -0.25) is 0 Å². The topological polar surface area (TPSA) is 77.8 Å². The Hall–Kier alpha value is -2.56. The van der Waals surface area contributed by atoms with Crippen LogP contribution in [0.1, 0.15) is 10.4 Å². The van der Waals surface area contributed by atoms with Gasteiger partial charge in [0.05, 0.1) is 5.56 Å². The summed E-state index contributed by atoms with van der Waals surface area (Å²) in [4.78, 5) is 10.7. The lowest BCUT2D eigenvalue weighted by atomic mass is 10.0. The van der Waals surface area contributed by atoms with Gasteiger partial charge in [0.25, 0.3) is 0 Å². The molecule has 5 heteroatoms. The molecule has 4 nitrogen and oxygen atoms in total. The molecule has 0 bridgehead atoms. The van der Waals surface area contributed by atoms with Crippen LogP contribution < -0.4 is 0 Å². The van der Waals surface area contributed by atoms with E-state index in [0.29, 0.717) is 0 Å². The van der Waals surface area contributed by atoms with E-state index in [1.54, 1.807) is 0 Å². The van der Waals surface area contributed by atoms with E-state index in [-0.39, 0.29) is 28.2 Å². The summed E-state index contributed by atoms with van der Waals surface area (Å²) in [5, 5.41) is 27.7. The Labute approximate surface area is 102 Å². The number of aromatic hydroxyl groups is 2. The van der Waals surface area contributed by atoms with Gasteiger partial charge in [0.1, 0.15) is 17.3 Å². The van der Waals surface area contributed by atoms with Crippen molar-refractivity contribution in [2.24, 2.45) is 0 Å². The van der Waals surface area contributed by atoms with Crippen LogP contribution in [0.15, 0.2) is 36.4 Å². The first kappa shape index (κ1) is 11.9. The number of rotatable bonds is 2. The molecule has 2 rings (SSSR count). The number of benzene rings is 2. The first-order valence-electron chi connectivity index (χ1n) is 5.03. The minimum Gasteiger partial charge on any atom is -0.508 e. The molecular formula is C13H9FO4. The SMILES string of the molecule is O=C(O)c1ccc(-c2cc(O)cc(F)c2)c(O)c1. The molecule has 0 saturated carbocycles. The highest BCUT2D eigenvalue weighted by atomic mass is 19.1. The zero-order chi connectivity index (χ0) is 13.3. The fourth-order valence-electron chi connectivity index (χ4n) is 1.64. The number of phenols is 2. The molecule has 0 aliphatic heterocycles. The molecule has 0 radical (unpaired) electrons. The minimum atomic E-state index is -1.17. The van der Waals surface area contributed by atoms with Crippen molar-refractivity contribution in [2.45, 2.75) is 0 Å². The van der Waals surface area contributed by atoms with E-state index in [4.69, 9.17) is 5.11 Å². The molecule has 3 N–H and O–H groups in total. The summed E-state index contributed by atoms with van der Waals surface area (Å²) in [7, 11) is 0. The second kappa shape index (κ2) is 4.37. The largest absolute Gasteiger partial charge is 0.508 e. The van der Waals surface area contributed by atoms with Crippen LogP contribution in [0.5, 0.6) is 11.5 Å². The van der Waals surface area contributed by atoms with Gasteiger partial charge in [-0.2, -0.15) is 0 Å². The summed E-state index contributed by atoms with van der Waals surface area (Å²) in [6.45, 7) is 0. The molecule has 0 aliphatic carbocycles. The molecule has 0 unspecified atom stereocenters. The van der Waals surface area contributed by atoms with Gasteiger partial charge in [0.15, 0.2) is 0 Å². The lowest BCUT2D eigenvalue weighted by Crippen LogP contribution is -1.95. The highest BCUT2D eigenvalue weighted by molar-refractivity contribution is 5.89. The van der Waals surface area contributed by atoms with Crippen LogP contribution in [0.3, 0.4) is 0 Å². The van der Waals surface area contributed by atoms with Crippen molar-refractivity contribution < 1.29 is 24.5 Å². The smallest absolute Gasteiger partial charge is 0.335 e. The average molecular weight is 248 g/mol. The van der Waals surface area contributed by atoms with Crippen LogP contribution in [-0.4, -0.2) is 21.3 Å². The Morgan fingerprint density at radius 3 is 2.33 bits per heavy atom. The van der Waals surface area contributed by atoms with Gasteiger partial charge in [-0.15, -0.1) is 0 Å². The monoisotopic (exact) mass is 248 g/mol. The van der Waals surface area contributed by atoms with Gasteiger partial charge in [0.2, 0.25) is 0 Å². The van der Waals surface area contributed by atoms with E-state index in [0.717, 1.165) is 18.2 Å². The molecule has 0 saturated heterocycles. The second-order valence-corrected chi connectivity index (χ2v) is 3.74. The Balaban J connectivity index is 2.54. The van der Waals surface area contributed by atoms with E-state index in [9.17, 15) is 19.4 Å². The third-order valence-electron chi connectivity index (χ3n) is 2.44. The summed E-state index contributed by atoms with van der Waals surface area (Å²) in [6.07, 6.45) is 0. The summed E-state index contributed by atoms with van der Waals surface area (Å²) in [5.41, 5.74) is 0.439. The Bertz CT molecular complexity index is 602. The van der Waals surface area contributed by atoms with Crippen molar-refractivity contribution in [3.63, 3.8) is 0 Å². The normalized spacial score (nSPS) is 10.3. The van der Waals surface area contributed by atoms with Crippen LogP contribution in [0.25, 0.3) is 11.1 Å². The van der Waals surface area contributed by atoms with Gasteiger partial charge in [-0.05, 0) is 35.9 Å². The van der Waals surface area contributed by atoms with E-state index in [1.807, 2.05) is 0 Å². The summed E-state index contributed by atoms with van der Waals surface area (Å²) >= 11 is 0. The van der Waals surface area contributed by atoms with Crippen molar-refractivity contribution in [2.75, 3.05) is 0 Å². The number of carboxylic acids is 1. The lowest BCUT2D eigenvalue weighted by Gasteiger charge is -2.06. The van der Waals surface area contributed by atoms with Crippen LogP contribution >= 0.6 is 0 Å². The lowest BCUT2D eigenvalue weighted by molar-refractivity contribution is 0.0696. The number of aromatic carboxylic acids is 1. The third-order valence-corrected chi connectivity index (χ3v) is 2.44. The first-order chi connectivity index (χ1) is 8.47. The van der Waals surface area contributed by atoms with Crippen LogP contribution in [0, 0.1) is 5.82 Å². The molecule has 0 heterocycles. The van der Waals surface area contributed by atoms with E-state index in [2.05, 4.69) is 0 Å². The zero-order valence-electron chi connectivity index (χ0n) is 9.09. The number of hydrogen-bond donors (Lipinski definition) is 3. The predicted molar refractivity (Wildman–Crippen MR) is 62.1 cm³/mol. The molecule has 0 fully saturated rings. The van der Waals surface area contributed by atoms with E-state index < -0.39 is 11.8 Å². The molecule has 0 spiro atoms. The summed E-state index contributed by atoms with van der Waals surface area (Å²) < 4.78 is 13.1. The van der Waals surface area contributed by atoms with Crippen molar-refractivity contribution >= 4 is 5.97 Å².